The van der Waals surface area contributed by atoms with E-state index in [2.05, 4.69) is 5.32 Å². The van der Waals surface area contributed by atoms with Crippen molar-refractivity contribution in [1.82, 2.24) is 15.1 Å². The molecule has 6 rings (SSSR count). The Morgan fingerprint density at radius 1 is 0.978 bits per heavy atom. The maximum absolute atomic E-state index is 14.9. The number of hydrogen-bond donors (Lipinski definition) is 2. The number of amides is 3. The number of carbonyl (C=O) groups excluding carboxylic acids is 4. The summed E-state index contributed by atoms with van der Waals surface area (Å²) in [5.41, 5.74) is -0.654. The van der Waals surface area contributed by atoms with Crippen molar-refractivity contribution in [3.8, 4) is 0 Å². The topological polar surface area (TPSA) is 125 Å². The molecule has 2 fully saturated rings. The summed E-state index contributed by atoms with van der Waals surface area (Å²) < 4.78 is 12.4. The lowest BCUT2D eigenvalue weighted by atomic mass is 9.77. The van der Waals surface area contributed by atoms with E-state index in [4.69, 9.17) is 9.47 Å². The Hall–Kier alpha value is -4.28. The first-order valence-corrected chi connectivity index (χ1v) is 15.9. The normalized spacial score (nSPS) is 31.4. The van der Waals surface area contributed by atoms with Crippen LogP contribution >= 0.6 is 0 Å². The molecular formula is C36H41N3O7. The van der Waals surface area contributed by atoms with Gasteiger partial charge in [0.05, 0.1) is 36.6 Å². The molecule has 4 aliphatic rings. The second-order valence-electron chi connectivity index (χ2n) is 13.3. The van der Waals surface area contributed by atoms with Crippen LogP contribution in [0.5, 0.6) is 0 Å². The molecule has 2 saturated heterocycles. The number of likely N-dealkylation sites (tertiary alicyclic amines) is 1. The summed E-state index contributed by atoms with van der Waals surface area (Å²) >= 11 is 0. The first-order valence-electron chi connectivity index (χ1n) is 15.9. The number of allylic oxidation sites excluding steroid dienone is 1. The van der Waals surface area contributed by atoms with Gasteiger partial charge in [-0.2, -0.15) is 0 Å². The number of aliphatic hydroxyl groups excluding tert-OH is 1. The van der Waals surface area contributed by atoms with Crippen LogP contribution in [0.1, 0.15) is 56.8 Å². The molecule has 0 unspecified atom stereocenters. The molecule has 7 atom stereocenters. The number of rotatable bonds is 4. The fraction of sp³-hybridized carbons (Fsp3) is 0.444. The Balaban J connectivity index is 1.48. The van der Waals surface area contributed by atoms with E-state index in [0.29, 0.717) is 18.5 Å². The Bertz CT molecular complexity index is 1540. The van der Waals surface area contributed by atoms with E-state index in [-0.39, 0.29) is 24.9 Å². The van der Waals surface area contributed by atoms with Gasteiger partial charge in [0.25, 0.3) is 0 Å². The van der Waals surface area contributed by atoms with Crippen molar-refractivity contribution >= 4 is 23.7 Å². The lowest BCUT2D eigenvalue weighted by Gasteiger charge is -2.42. The van der Waals surface area contributed by atoms with Crippen molar-refractivity contribution < 1.29 is 33.8 Å². The van der Waals surface area contributed by atoms with E-state index < -0.39 is 65.6 Å². The minimum absolute atomic E-state index is 0.0748. The van der Waals surface area contributed by atoms with Gasteiger partial charge >= 0.3 is 5.97 Å². The summed E-state index contributed by atoms with van der Waals surface area (Å²) in [7, 11) is 0. The Morgan fingerprint density at radius 3 is 2.35 bits per heavy atom. The summed E-state index contributed by atoms with van der Waals surface area (Å²) in [6.07, 6.45) is 6.77. The first-order chi connectivity index (χ1) is 22.1. The fourth-order valence-corrected chi connectivity index (χ4v) is 7.35. The van der Waals surface area contributed by atoms with Crippen LogP contribution in [-0.2, 0) is 28.7 Å². The maximum Gasteiger partial charge on any atom is 0.306 e. The predicted octanol–water partition coefficient (Wildman–Crippen LogP) is 3.25. The number of cyclic esters (lactones) is 1. The van der Waals surface area contributed by atoms with Crippen LogP contribution in [-0.4, -0.2) is 81.6 Å². The Labute approximate surface area is 269 Å². The number of carbonyl (C=O) groups is 4. The van der Waals surface area contributed by atoms with Gasteiger partial charge in [-0.1, -0.05) is 85.0 Å². The molecule has 46 heavy (non-hydrogen) atoms. The Morgan fingerprint density at radius 2 is 1.67 bits per heavy atom. The van der Waals surface area contributed by atoms with Gasteiger partial charge in [-0.25, -0.2) is 0 Å². The van der Waals surface area contributed by atoms with E-state index in [1.807, 2.05) is 87.5 Å². The van der Waals surface area contributed by atoms with Crippen molar-refractivity contribution in [3.05, 3.63) is 96.1 Å². The number of nitrogens with one attached hydrogen (secondary N) is 1. The predicted molar refractivity (Wildman–Crippen MR) is 169 cm³/mol. The molecule has 4 aliphatic heterocycles. The number of fused-ring (bicyclic) bond motifs is 2. The van der Waals surface area contributed by atoms with E-state index in [0.717, 1.165) is 5.56 Å². The highest BCUT2D eigenvalue weighted by Crippen LogP contribution is 2.55. The van der Waals surface area contributed by atoms with Crippen LogP contribution in [0.15, 0.2) is 85.0 Å². The standard InChI is InChI=1S/C36H41N3O7/c1-35(2,3)38-20-12-19-36-30(33(43)39(31(36)34(38)44)26(21-40)24-15-8-5-9-16-24)29-27(46-36)17-10-11-18-28(41)45-22-25(37-32(29)42)23-13-6-4-7-14-23/h4-10,12-17,19,25-27,29-31,40H,11,18,20-22H2,1-3H3,(H,37,42)/b17-10-/t25-,26-,27+,29-,30-,31+,36-/m1/s1. The van der Waals surface area contributed by atoms with E-state index in [1.54, 1.807) is 23.1 Å². The smallest absolute Gasteiger partial charge is 0.306 e. The SMILES string of the molecule is CC(C)(C)N1CC=C[C@@]23O[C@H]4/C=C\CCC(=O)OC[C@H](c5ccccc5)NC(=O)[C@H]4[C@@H]2C(=O)N([C@H](CO)c2ccccc2)[C@H]3C1=O. The summed E-state index contributed by atoms with van der Waals surface area (Å²) in [5.74, 6) is -3.66. The van der Waals surface area contributed by atoms with Crippen molar-refractivity contribution in [2.45, 2.75) is 69.0 Å². The van der Waals surface area contributed by atoms with Crippen molar-refractivity contribution in [3.63, 3.8) is 0 Å². The quantitative estimate of drug-likeness (QED) is 0.394. The zero-order chi connectivity index (χ0) is 32.6. The molecule has 0 radical (unpaired) electrons. The second-order valence-corrected chi connectivity index (χ2v) is 13.3. The van der Waals surface area contributed by atoms with Crippen LogP contribution in [0.3, 0.4) is 0 Å². The number of hydrogen-bond acceptors (Lipinski definition) is 7. The third-order valence-electron chi connectivity index (χ3n) is 9.51. The van der Waals surface area contributed by atoms with Gasteiger partial charge in [0.1, 0.15) is 18.2 Å². The highest BCUT2D eigenvalue weighted by atomic mass is 16.5. The lowest BCUT2D eigenvalue weighted by Crippen LogP contribution is -2.59. The molecule has 0 saturated carbocycles. The molecule has 0 aromatic heterocycles. The van der Waals surface area contributed by atoms with Gasteiger partial charge in [-0.3, -0.25) is 19.2 Å². The zero-order valence-electron chi connectivity index (χ0n) is 26.4. The molecule has 2 aromatic carbocycles. The molecule has 242 valence electrons. The molecule has 3 amide bonds. The number of benzene rings is 2. The third kappa shape index (κ3) is 5.54. The van der Waals surface area contributed by atoms with Crippen molar-refractivity contribution in [1.29, 1.82) is 0 Å². The average molecular weight is 628 g/mol. The van der Waals surface area contributed by atoms with Gasteiger partial charge in [-0.05, 0) is 38.3 Å². The Kier molecular flexibility index (Phi) is 8.60. The van der Waals surface area contributed by atoms with Gasteiger partial charge in [0.15, 0.2) is 0 Å². The molecule has 2 aromatic rings. The number of ether oxygens (including phenoxy) is 2. The minimum Gasteiger partial charge on any atom is -0.463 e. The number of nitrogens with zero attached hydrogens (tertiary/aromatic N) is 2. The molecule has 0 bridgehead atoms. The van der Waals surface area contributed by atoms with Gasteiger partial charge in [0.2, 0.25) is 17.7 Å². The molecular weight excluding hydrogens is 586 g/mol. The van der Waals surface area contributed by atoms with Gasteiger partial charge < -0.3 is 29.7 Å². The maximum atomic E-state index is 14.9. The minimum atomic E-state index is -1.48. The van der Waals surface area contributed by atoms with Crippen LogP contribution in [0.4, 0.5) is 0 Å². The highest BCUT2D eigenvalue weighted by Gasteiger charge is 2.72. The largest absolute Gasteiger partial charge is 0.463 e. The van der Waals surface area contributed by atoms with Crippen LogP contribution in [0, 0.1) is 11.8 Å². The molecule has 2 N–H and O–H groups in total. The van der Waals surface area contributed by atoms with Crippen LogP contribution in [0.2, 0.25) is 0 Å². The van der Waals surface area contributed by atoms with Crippen molar-refractivity contribution in [2.75, 3.05) is 19.8 Å². The summed E-state index contributed by atoms with van der Waals surface area (Å²) in [6.45, 7) is 5.59. The first kappa shape index (κ1) is 31.7. The fourth-order valence-electron chi connectivity index (χ4n) is 7.35. The number of aliphatic hydroxyl groups is 1. The second kappa shape index (κ2) is 12.5. The number of esters is 1. The lowest BCUT2D eigenvalue weighted by molar-refractivity contribution is -0.154. The molecule has 0 aliphatic carbocycles. The molecule has 1 spiro atoms. The van der Waals surface area contributed by atoms with Gasteiger partial charge in [0, 0.05) is 18.5 Å². The monoisotopic (exact) mass is 627 g/mol. The van der Waals surface area contributed by atoms with E-state index >= 15 is 0 Å². The molecule has 10 heteroatoms. The summed E-state index contributed by atoms with van der Waals surface area (Å²) in [4.78, 5) is 59.6. The van der Waals surface area contributed by atoms with Crippen LogP contribution < -0.4 is 5.32 Å². The third-order valence-corrected chi connectivity index (χ3v) is 9.51. The van der Waals surface area contributed by atoms with Crippen LogP contribution in [0.25, 0.3) is 0 Å². The average Bonchev–Trinajstić information content (AvgIpc) is 3.42. The summed E-state index contributed by atoms with van der Waals surface area (Å²) in [5, 5.41) is 13.8. The van der Waals surface area contributed by atoms with E-state index in [1.165, 1.54) is 4.90 Å². The van der Waals surface area contributed by atoms with Crippen molar-refractivity contribution in [2.24, 2.45) is 11.8 Å². The summed E-state index contributed by atoms with van der Waals surface area (Å²) in [6, 6.07) is 15.7. The zero-order valence-corrected chi connectivity index (χ0v) is 26.4. The van der Waals surface area contributed by atoms with E-state index in [9.17, 15) is 24.3 Å². The highest BCUT2D eigenvalue weighted by molar-refractivity contribution is 6.00. The van der Waals surface area contributed by atoms with Gasteiger partial charge in [-0.15, -0.1) is 0 Å². The molecule has 10 nitrogen and oxygen atoms in total. The molecule has 4 heterocycles.